The number of ether oxygens (including phenoxy) is 1. The molecule has 2 aromatic rings. The normalized spacial score (nSPS) is 22.9. The Morgan fingerprint density at radius 1 is 1.18 bits per heavy atom. The average Bonchev–Trinajstić information content (AvgIpc) is 3.39. The lowest BCUT2D eigenvalue weighted by Gasteiger charge is -2.31. The van der Waals surface area contributed by atoms with Crippen molar-refractivity contribution in [3.63, 3.8) is 0 Å². The minimum Gasteiger partial charge on any atom is -0.398 e. The van der Waals surface area contributed by atoms with Gasteiger partial charge >= 0.3 is 0 Å². The number of aliphatic imine (C=N–C) groups is 1. The Kier molecular flexibility index (Phi) is 6.31. The van der Waals surface area contributed by atoms with Gasteiger partial charge in [-0.1, -0.05) is 18.2 Å². The highest BCUT2D eigenvalue weighted by Crippen LogP contribution is 2.30. The molecule has 33 heavy (non-hydrogen) atoms. The predicted octanol–water partition coefficient (Wildman–Crippen LogP) is 3.38. The summed E-state index contributed by atoms with van der Waals surface area (Å²) in [4.78, 5) is 26.2. The van der Waals surface area contributed by atoms with Crippen LogP contribution in [-0.4, -0.2) is 66.9 Å². The third-order valence-electron chi connectivity index (χ3n) is 7.09. The van der Waals surface area contributed by atoms with E-state index in [1.165, 1.54) is 12.8 Å². The zero-order valence-electron chi connectivity index (χ0n) is 19.4. The lowest BCUT2D eigenvalue weighted by Crippen LogP contribution is -2.40. The van der Waals surface area contributed by atoms with E-state index in [2.05, 4.69) is 29.2 Å². The Bertz CT molecular complexity index is 1100. The highest BCUT2D eigenvalue weighted by molar-refractivity contribution is 6.10. The number of fused-ring (bicyclic) bond motifs is 1. The standard InChI is InChI=1S/C26H33N5O2/c1-18(32)31-12-7-24(29-20-8-13-33-14-9-20)23(17-31)26(27)21-6-4-5-19-15-25(28-16-22(19)21)30-10-2-3-11-30/h4-6,15-16,20H,2-3,7-14,17,27H2,1H3. The van der Waals surface area contributed by atoms with Crippen molar-refractivity contribution in [2.45, 2.75) is 45.1 Å². The number of likely N-dealkylation sites (tertiary alicyclic amines) is 1. The number of aromatic nitrogens is 1. The fraction of sp³-hybridized carbons (Fsp3) is 0.500. The molecule has 0 atom stereocenters. The number of hydrogen-bond donors (Lipinski definition) is 1. The van der Waals surface area contributed by atoms with E-state index in [0.29, 0.717) is 18.8 Å². The van der Waals surface area contributed by atoms with Gasteiger partial charge in [0.15, 0.2) is 0 Å². The summed E-state index contributed by atoms with van der Waals surface area (Å²) in [5.41, 5.74) is 10.5. The van der Waals surface area contributed by atoms with Gasteiger partial charge in [0.25, 0.3) is 0 Å². The summed E-state index contributed by atoms with van der Waals surface area (Å²) in [5, 5.41) is 2.17. The molecule has 7 heteroatoms. The molecule has 3 aliphatic rings. The zero-order valence-corrected chi connectivity index (χ0v) is 19.4. The quantitative estimate of drug-likeness (QED) is 0.780. The van der Waals surface area contributed by atoms with Gasteiger partial charge in [-0.2, -0.15) is 0 Å². The van der Waals surface area contributed by atoms with Gasteiger partial charge in [0, 0.05) is 86.9 Å². The highest BCUT2D eigenvalue weighted by Gasteiger charge is 2.26. The van der Waals surface area contributed by atoms with E-state index in [0.717, 1.165) is 79.0 Å². The lowest BCUT2D eigenvalue weighted by molar-refractivity contribution is -0.128. The van der Waals surface area contributed by atoms with Gasteiger partial charge in [0.05, 0.1) is 6.04 Å². The number of piperidine rings is 1. The maximum Gasteiger partial charge on any atom is 0.219 e. The number of pyridine rings is 1. The minimum absolute atomic E-state index is 0.0697. The third-order valence-corrected chi connectivity index (χ3v) is 7.09. The number of amides is 1. The van der Waals surface area contributed by atoms with Crippen LogP contribution in [0.2, 0.25) is 0 Å². The van der Waals surface area contributed by atoms with E-state index in [1.807, 2.05) is 11.1 Å². The first kappa shape index (κ1) is 21.9. The second-order valence-electron chi connectivity index (χ2n) is 9.27. The number of nitrogens with two attached hydrogens (primary N) is 1. The molecule has 1 aromatic heterocycles. The average molecular weight is 448 g/mol. The summed E-state index contributed by atoms with van der Waals surface area (Å²) in [7, 11) is 0. The number of rotatable bonds is 3. The maximum atomic E-state index is 12.2. The number of carbonyl (C=O) groups excluding carboxylic acids is 1. The first-order valence-electron chi connectivity index (χ1n) is 12.1. The molecule has 174 valence electrons. The first-order chi connectivity index (χ1) is 16.1. The summed E-state index contributed by atoms with van der Waals surface area (Å²) < 4.78 is 5.51. The largest absolute Gasteiger partial charge is 0.398 e. The molecule has 3 fully saturated rings. The second-order valence-corrected chi connectivity index (χ2v) is 9.27. The van der Waals surface area contributed by atoms with Crippen molar-refractivity contribution < 1.29 is 9.53 Å². The van der Waals surface area contributed by atoms with Gasteiger partial charge in [0.2, 0.25) is 5.91 Å². The SMILES string of the molecule is CC(=O)N1CCC(=NC2CCOCC2)C(=C(N)c2cccc3cc(N4CCCC4)ncc23)C1. The van der Waals surface area contributed by atoms with Gasteiger partial charge in [-0.25, -0.2) is 4.98 Å². The van der Waals surface area contributed by atoms with Crippen molar-refractivity contribution in [2.24, 2.45) is 10.7 Å². The van der Waals surface area contributed by atoms with Crippen LogP contribution in [-0.2, 0) is 9.53 Å². The van der Waals surface area contributed by atoms with Crippen molar-refractivity contribution in [3.8, 4) is 0 Å². The first-order valence-corrected chi connectivity index (χ1v) is 12.1. The van der Waals surface area contributed by atoms with Gasteiger partial charge in [0.1, 0.15) is 5.82 Å². The van der Waals surface area contributed by atoms with E-state index in [-0.39, 0.29) is 11.9 Å². The predicted molar refractivity (Wildman–Crippen MR) is 132 cm³/mol. The van der Waals surface area contributed by atoms with Crippen molar-refractivity contribution in [1.82, 2.24) is 9.88 Å². The van der Waals surface area contributed by atoms with Crippen molar-refractivity contribution in [3.05, 3.63) is 41.6 Å². The fourth-order valence-electron chi connectivity index (χ4n) is 5.12. The number of benzene rings is 1. The molecule has 2 N–H and O–H groups in total. The molecule has 4 heterocycles. The van der Waals surface area contributed by atoms with Crippen LogP contribution in [0.25, 0.3) is 16.5 Å². The summed E-state index contributed by atoms with van der Waals surface area (Å²) in [6, 6.07) is 8.66. The number of anilines is 1. The van der Waals surface area contributed by atoms with Crippen LogP contribution in [0, 0.1) is 0 Å². The molecule has 0 unspecified atom stereocenters. The van der Waals surface area contributed by atoms with E-state index in [4.69, 9.17) is 20.4 Å². The fourth-order valence-corrected chi connectivity index (χ4v) is 5.12. The van der Waals surface area contributed by atoms with Crippen molar-refractivity contribution in [2.75, 3.05) is 44.3 Å². The number of carbonyl (C=O) groups is 1. The van der Waals surface area contributed by atoms with Crippen LogP contribution in [0.15, 0.2) is 41.0 Å². The molecule has 0 bridgehead atoms. The summed E-state index contributed by atoms with van der Waals surface area (Å²) >= 11 is 0. The van der Waals surface area contributed by atoms with E-state index in [9.17, 15) is 4.79 Å². The summed E-state index contributed by atoms with van der Waals surface area (Å²) in [6.07, 6.45) is 7.00. The molecule has 1 amide bonds. The Morgan fingerprint density at radius 2 is 1.97 bits per heavy atom. The van der Waals surface area contributed by atoms with Crippen LogP contribution in [0.4, 0.5) is 5.82 Å². The maximum absolute atomic E-state index is 12.2. The Labute approximate surface area is 195 Å². The molecule has 0 spiro atoms. The van der Waals surface area contributed by atoms with Crippen LogP contribution < -0.4 is 10.6 Å². The lowest BCUT2D eigenvalue weighted by atomic mass is 9.94. The Hall–Kier alpha value is -2.93. The number of nitrogens with zero attached hydrogens (tertiary/aromatic N) is 4. The van der Waals surface area contributed by atoms with Crippen LogP contribution in [0.5, 0.6) is 0 Å². The minimum atomic E-state index is 0.0697. The highest BCUT2D eigenvalue weighted by atomic mass is 16.5. The van der Waals surface area contributed by atoms with E-state index in [1.54, 1.807) is 6.92 Å². The molecular weight excluding hydrogens is 414 g/mol. The Morgan fingerprint density at radius 3 is 2.73 bits per heavy atom. The van der Waals surface area contributed by atoms with Crippen molar-refractivity contribution >= 4 is 33.9 Å². The number of hydrogen-bond acceptors (Lipinski definition) is 6. The van der Waals surface area contributed by atoms with Crippen LogP contribution in [0.1, 0.15) is 44.6 Å². The molecule has 1 aromatic carbocycles. The molecule has 0 aliphatic carbocycles. The molecule has 3 saturated heterocycles. The van der Waals surface area contributed by atoms with Gasteiger partial charge in [-0.15, -0.1) is 0 Å². The van der Waals surface area contributed by atoms with Gasteiger partial charge in [-0.3, -0.25) is 9.79 Å². The summed E-state index contributed by atoms with van der Waals surface area (Å²) in [5.74, 6) is 1.10. The van der Waals surface area contributed by atoms with Crippen LogP contribution >= 0.6 is 0 Å². The zero-order chi connectivity index (χ0) is 22.8. The Balaban J connectivity index is 1.55. The molecule has 0 saturated carbocycles. The summed E-state index contributed by atoms with van der Waals surface area (Å²) in [6.45, 7) is 6.45. The van der Waals surface area contributed by atoms with Crippen LogP contribution in [0.3, 0.4) is 0 Å². The van der Waals surface area contributed by atoms with E-state index < -0.39 is 0 Å². The topological polar surface area (TPSA) is 84.0 Å². The molecular formula is C26H33N5O2. The van der Waals surface area contributed by atoms with Gasteiger partial charge in [-0.05, 0) is 37.1 Å². The monoisotopic (exact) mass is 447 g/mol. The third kappa shape index (κ3) is 4.60. The molecule has 0 radical (unpaired) electrons. The molecule has 7 nitrogen and oxygen atoms in total. The molecule has 3 aliphatic heterocycles. The molecule has 5 rings (SSSR count). The smallest absolute Gasteiger partial charge is 0.219 e. The van der Waals surface area contributed by atoms with Gasteiger partial charge < -0.3 is 20.3 Å². The van der Waals surface area contributed by atoms with E-state index >= 15 is 0 Å². The van der Waals surface area contributed by atoms with Crippen molar-refractivity contribution in [1.29, 1.82) is 0 Å². The second kappa shape index (κ2) is 9.51.